The van der Waals surface area contributed by atoms with Gasteiger partial charge in [-0.05, 0) is 37.1 Å². The Bertz CT molecular complexity index is 776. The SMILES string of the molecule is C[C@H]1Cc2ccccc2N1Cc1cnn(-c2ccccc2)c1. The zero-order chi connectivity index (χ0) is 14.9. The molecule has 0 unspecified atom stereocenters. The minimum Gasteiger partial charge on any atom is -0.364 e. The monoisotopic (exact) mass is 289 g/mol. The Labute approximate surface area is 130 Å². The van der Waals surface area contributed by atoms with E-state index in [9.17, 15) is 0 Å². The average molecular weight is 289 g/mol. The van der Waals surface area contributed by atoms with Gasteiger partial charge in [-0.3, -0.25) is 0 Å². The highest BCUT2D eigenvalue weighted by Gasteiger charge is 2.25. The van der Waals surface area contributed by atoms with Crippen LogP contribution in [0.15, 0.2) is 67.0 Å². The third kappa shape index (κ3) is 2.29. The summed E-state index contributed by atoms with van der Waals surface area (Å²) in [6.45, 7) is 3.20. The van der Waals surface area contributed by atoms with Crippen molar-refractivity contribution in [1.29, 1.82) is 0 Å². The van der Waals surface area contributed by atoms with Crippen LogP contribution in [-0.4, -0.2) is 15.8 Å². The zero-order valence-corrected chi connectivity index (χ0v) is 12.7. The van der Waals surface area contributed by atoms with Gasteiger partial charge >= 0.3 is 0 Å². The molecule has 3 heteroatoms. The van der Waals surface area contributed by atoms with Gasteiger partial charge in [-0.15, -0.1) is 0 Å². The predicted octanol–water partition coefficient (Wildman–Crippen LogP) is 3.82. The Morgan fingerprint density at radius 2 is 1.82 bits per heavy atom. The molecule has 0 bridgehead atoms. The first-order chi connectivity index (χ1) is 10.8. The molecular weight excluding hydrogens is 270 g/mol. The molecule has 1 atom stereocenters. The second-order valence-corrected chi connectivity index (χ2v) is 5.94. The van der Waals surface area contributed by atoms with Crippen LogP contribution in [0.5, 0.6) is 0 Å². The normalized spacial score (nSPS) is 16.8. The number of hydrogen-bond acceptors (Lipinski definition) is 2. The number of fused-ring (bicyclic) bond motifs is 1. The average Bonchev–Trinajstić information content (AvgIpc) is 3.14. The summed E-state index contributed by atoms with van der Waals surface area (Å²) in [5.41, 5.74) is 5.16. The second-order valence-electron chi connectivity index (χ2n) is 5.94. The molecule has 0 amide bonds. The molecule has 3 aromatic rings. The van der Waals surface area contributed by atoms with Crippen LogP contribution in [0.2, 0.25) is 0 Å². The van der Waals surface area contributed by atoms with Gasteiger partial charge in [0.1, 0.15) is 0 Å². The lowest BCUT2D eigenvalue weighted by molar-refractivity contribution is 0.672. The molecule has 22 heavy (non-hydrogen) atoms. The van der Waals surface area contributed by atoms with Crippen LogP contribution in [-0.2, 0) is 13.0 Å². The summed E-state index contributed by atoms with van der Waals surface area (Å²) in [4.78, 5) is 2.47. The molecule has 0 saturated heterocycles. The van der Waals surface area contributed by atoms with Crippen molar-refractivity contribution in [3.63, 3.8) is 0 Å². The van der Waals surface area contributed by atoms with Crippen LogP contribution in [0.1, 0.15) is 18.1 Å². The summed E-state index contributed by atoms with van der Waals surface area (Å²) in [6, 6.07) is 19.5. The van der Waals surface area contributed by atoms with Gasteiger partial charge in [-0.1, -0.05) is 36.4 Å². The quantitative estimate of drug-likeness (QED) is 0.731. The van der Waals surface area contributed by atoms with Crippen LogP contribution < -0.4 is 4.90 Å². The maximum Gasteiger partial charge on any atom is 0.0645 e. The minimum absolute atomic E-state index is 0.539. The summed E-state index contributed by atoms with van der Waals surface area (Å²) in [7, 11) is 0. The molecule has 0 saturated carbocycles. The summed E-state index contributed by atoms with van der Waals surface area (Å²) < 4.78 is 1.95. The fourth-order valence-electron chi connectivity index (χ4n) is 3.23. The van der Waals surface area contributed by atoms with Crippen molar-refractivity contribution in [2.45, 2.75) is 25.9 Å². The van der Waals surface area contributed by atoms with Gasteiger partial charge in [0.25, 0.3) is 0 Å². The topological polar surface area (TPSA) is 21.1 Å². The van der Waals surface area contributed by atoms with Crippen molar-refractivity contribution in [2.24, 2.45) is 0 Å². The van der Waals surface area contributed by atoms with Crippen LogP contribution in [0.25, 0.3) is 5.69 Å². The smallest absolute Gasteiger partial charge is 0.0645 e. The largest absolute Gasteiger partial charge is 0.364 e. The molecule has 0 aliphatic carbocycles. The Hall–Kier alpha value is -2.55. The standard InChI is InChI=1S/C19H19N3/c1-15-11-17-7-5-6-10-19(17)21(15)13-16-12-20-22(14-16)18-8-3-2-4-9-18/h2-10,12,14-15H,11,13H2,1H3/t15-/m0/s1. The number of nitrogens with zero attached hydrogens (tertiary/aromatic N) is 3. The predicted molar refractivity (Wildman–Crippen MR) is 89.4 cm³/mol. The number of hydrogen-bond donors (Lipinski definition) is 0. The van der Waals surface area contributed by atoms with E-state index < -0.39 is 0 Å². The van der Waals surface area contributed by atoms with Crippen LogP contribution in [0.4, 0.5) is 5.69 Å². The van der Waals surface area contributed by atoms with Gasteiger partial charge < -0.3 is 4.90 Å². The third-order valence-electron chi connectivity index (χ3n) is 4.36. The maximum absolute atomic E-state index is 4.50. The molecule has 2 aromatic carbocycles. The Balaban J connectivity index is 1.59. The molecule has 0 spiro atoms. The number of rotatable bonds is 3. The first-order valence-electron chi connectivity index (χ1n) is 7.75. The lowest BCUT2D eigenvalue weighted by Crippen LogP contribution is -2.28. The number of anilines is 1. The number of para-hydroxylation sites is 2. The third-order valence-corrected chi connectivity index (χ3v) is 4.36. The Kier molecular flexibility index (Phi) is 3.19. The van der Waals surface area contributed by atoms with Crippen molar-refractivity contribution >= 4 is 5.69 Å². The van der Waals surface area contributed by atoms with E-state index >= 15 is 0 Å². The van der Waals surface area contributed by atoms with Gasteiger partial charge in [0.15, 0.2) is 0 Å². The van der Waals surface area contributed by atoms with E-state index in [-0.39, 0.29) is 0 Å². The molecular formula is C19H19N3. The summed E-state index contributed by atoms with van der Waals surface area (Å²) in [6.07, 6.45) is 5.23. The van der Waals surface area contributed by atoms with E-state index in [0.29, 0.717) is 6.04 Å². The van der Waals surface area contributed by atoms with E-state index in [4.69, 9.17) is 0 Å². The highest BCUT2D eigenvalue weighted by molar-refractivity contribution is 5.59. The molecule has 1 aliphatic rings. The fourth-order valence-corrected chi connectivity index (χ4v) is 3.23. The second kappa shape index (κ2) is 5.34. The maximum atomic E-state index is 4.50. The van der Waals surface area contributed by atoms with Gasteiger partial charge in [0, 0.05) is 30.0 Å². The molecule has 2 heterocycles. The van der Waals surface area contributed by atoms with E-state index in [2.05, 4.69) is 59.5 Å². The van der Waals surface area contributed by atoms with Gasteiger partial charge in [-0.2, -0.15) is 5.10 Å². The Morgan fingerprint density at radius 3 is 2.68 bits per heavy atom. The summed E-state index contributed by atoms with van der Waals surface area (Å²) in [5.74, 6) is 0. The van der Waals surface area contributed by atoms with Gasteiger partial charge in [0.2, 0.25) is 0 Å². The van der Waals surface area contributed by atoms with Gasteiger partial charge in [0.05, 0.1) is 11.9 Å². The lowest BCUT2D eigenvalue weighted by atomic mass is 10.1. The van der Waals surface area contributed by atoms with Crippen molar-refractivity contribution in [3.8, 4) is 5.69 Å². The number of benzene rings is 2. The molecule has 0 radical (unpaired) electrons. The highest BCUT2D eigenvalue weighted by Crippen LogP contribution is 2.32. The van der Waals surface area contributed by atoms with E-state index in [0.717, 1.165) is 18.7 Å². The molecule has 1 aromatic heterocycles. The molecule has 4 rings (SSSR count). The Morgan fingerprint density at radius 1 is 1.05 bits per heavy atom. The van der Waals surface area contributed by atoms with E-state index in [1.807, 2.05) is 29.1 Å². The van der Waals surface area contributed by atoms with E-state index in [1.54, 1.807) is 0 Å². The van der Waals surface area contributed by atoms with Crippen molar-refractivity contribution in [1.82, 2.24) is 9.78 Å². The van der Waals surface area contributed by atoms with Gasteiger partial charge in [-0.25, -0.2) is 4.68 Å². The summed E-state index contributed by atoms with van der Waals surface area (Å²) >= 11 is 0. The van der Waals surface area contributed by atoms with Crippen molar-refractivity contribution < 1.29 is 0 Å². The summed E-state index contributed by atoms with van der Waals surface area (Å²) in [5, 5.41) is 4.50. The van der Waals surface area contributed by atoms with E-state index in [1.165, 1.54) is 16.8 Å². The molecule has 110 valence electrons. The molecule has 3 nitrogen and oxygen atoms in total. The van der Waals surface area contributed by atoms with Crippen molar-refractivity contribution in [3.05, 3.63) is 78.1 Å². The van der Waals surface area contributed by atoms with Crippen LogP contribution in [0, 0.1) is 0 Å². The van der Waals surface area contributed by atoms with Crippen LogP contribution >= 0.6 is 0 Å². The molecule has 1 aliphatic heterocycles. The first kappa shape index (κ1) is 13.1. The number of aromatic nitrogens is 2. The fraction of sp³-hybridized carbons (Fsp3) is 0.211. The minimum atomic E-state index is 0.539. The molecule has 0 fully saturated rings. The van der Waals surface area contributed by atoms with Crippen LogP contribution in [0.3, 0.4) is 0 Å². The first-order valence-corrected chi connectivity index (χ1v) is 7.75. The highest BCUT2D eigenvalue weighted by atomic mass is 15.3. The lowest BCUT2D eigenvalue weighted by Gasteiger charge is -2.24. The molecule has 0 N–H and O–H groups in total. The van der Waals surface area contributed by atoms with Crippen molar-refractivity contribution in [2.75, 3.05) is 4.90 Å². The zero-order valence-electron chi connectivity index (χ0n) is 12.7.